The van der Waals surface area contributed by atoms with Crippen molar-refractivity contribution in [3.05, 3.63) is 57.6 Å². The molecule has 3 rings (SSSR count). The lowest BCUT2D eigenvalue weighted by atomic mass is 9.92. The highest BCUT2D eigenvalue weighted by molar-refractivity contribution is 7.89. The topological polar surface area (TPSA) is 87.3 Å². The SMILES string of the molecule is Cc1ccccc1C(=O)Nc1cc(Cl)c(S(=O)(=O)N[C@H](C)C2CCNCC2)cc1Cl.Cl. The third-order valence-electron chi connectivity index (χ3n) is 5.38. The molecule has 31 heavy (non-hydrogen) atoms. The Morgan fingerprint density at radius 2 is 1.77 bits per heavy atom. The molecule has 1 aliphatic rings. The number of anilines is 1. The van der Waals surface area contributed by atoms with E-state index in [2.05, 4.69) is 15.4 Å². The lowest BCUT2D eigenvalue weighted by Crippen LogP contribution is -2.42. The Balaban J connectivity index is 0.00000341. The third kappa shape index (κ3) is 6.34. The molecule has 0 aliphatic carbocycles. The molecule has 1 amide bonds. The van der Waals surface area contributed by atoms with Gasteiger partial charge in [0.05, 0.1) is 15.7 Å². The number of rotatable bonds is 6. The highest BCUT2D eigenvalue weighted by Gasteiger charge is 2.27. The van der Waals surface area contributed by atoms with Crippen LogP contribution in [0, 0.1) is 12.8 Å². The minimum absolute atomic E-state index is 0. The van der Waals surface area contributed by atoms with E-state index in [0.717, 1.165) is 31.5 Å². The third-order valence-corrected chi connectivity index (χ3v) is 7.72. The van der Waals surface area contributed by atoms with Crippen LogP contribution >= 0.6 is 35.6 Å². The van der Waals surface area contributed by atoms with Crippen molar-refractivity contribution in [2.45, 2.75) is 37.6 Å². The number of aryl methyl sites for hydroxylation is 1. The van der Waals surface area contributed by atoms with Gasteiger partial charge in [0.2, 0.25) is 10.0 Å². The van der Waals surface area contributed by atoms with Gasteiger partial charge in [-0.15, -0.1) is 12.4 Å². The Kier molecular flexibility index (Phi) is 9.18. The van der Waals surface area contributed by atoms with Crippen LogP contribution in [0.4, 0.5) is 5.69 Å². The van der Waals surface area contributed by atoms with Gasteiger partial charge in [-0.05, 0) is 69.5 Å². The van der Waals surface area contributed by atoms with Crippen LogP contribution in [0.15, 0.2) is 41.3 Å². The molecule has 170 valence electrons. The van der Waals surface area contributed by atoms with Crippen molar-refractivity contribution < 1.29 is 13.2 Å². The molecular weight excluding hydrogens is 481 g/mol. The second-order valence-corrected chi connectivity index (χ2v) is 10.0. The molecule has 1 atom stereocenters. The van der Waals surface area contributed by atoms with E-state index in [1.807, 2.05) is 26.0 Å². The van der Waals surface area contributed by atoms with E-state index < -0.39 is 10.0 Å². The summed E-state index contributed by atoms with van der Waals surface area (Å²) in [5.74, 6) is -0.0951. The van der Waals surface area contributed by atoms with Crippen molar-refractivity contribution in [3.63, 3.8) is 0 Å². The van der Waals surface area contributed by atoms with E-state index in [9.17, 15) is 13.2 Å². The van der Waals surface area contributed by atoms with E-state index in [0.29, 0.717) is 5.56 Å². The fourth-order valence-electron chi connectivity index (χ4n) is 3.60. The molecule has 0 aromatic heterocycles. The Labute approximate surface area is 199 Å². The van der Waals surface area contributed by atoms with Crippen molar-refractivity contribution in [2.75, 3.05) is 18.4 Å². The summed E-state index contributed by atoms with van der Waals surface area (Å²) in [6.07, 6.45) is 1.81. The number of carbonyl (C=O) groups excluding carboxylic acids is 1. The van der Waals surface area contributed by atoms with Crippen LogP contribution in [0.25, 0.3) is 0 Å². The Hall–Kier alpha value is -1.35. The van der Waals surface area contributed by atoms with Gasteiger partial charge in [-0.2, -0.15) is 0 Å². The normalized spacial score (nSPS) is 15.7. The van der Waals surface area contributed by atoms with Crippen molar-refractivity contribution in [3.8, 4) is 0 Å². The molecule has 2 aromatic rings. The van der Waals surface area contributed by atoms with Crippen molar-refractivity contribution in [2.24, 2.45) is 5.92 Å². The number of carbonyl (C=O) groups is 1. The van der Waals surface area contributed by atoms with Gasteiger partial charge in [-0.25, -0.2) is 13.1 Å². The minimum Gasteiger partial charge on any atom is -0.321 e. The highest BCUT2D eigenvalue weighted by Crippen LogP contribution is 2.33. The lowest BCUT2D eigenvalue weighted by Gasteiger charge is -2.28. The fourth-order valence-corrected chi connectivity index (χ4v) is 5.74. The average molecular weight is 507 g/mol. The number of nitrogens with one attached hydrogen (secondary N) is 3. The number of hydrogen-bond acceptors (Lipinski definition) is 4. The van der Waals surface area contributed by atoms with Crippen molar-refractivity contribution in [1.82, 2.24) is 10.0 Å². The Bertz CT molecular complexity index is 1040. The first-order valence-corrected chi connectivity index (χ1v) is 12.0. The molecule has 0 saturated carbocycles. The standard InChI is InChI=1S/C21H25Cl2N3O3S.ClH/c1-13-5-3-4-6-16(13)21(27)25-19-11-18(23)20(12-17(19)22)30(28,29)26-14(2)15-7-9-24-10-8-15;/h3-6,11-12,14-15,24,26H,7-10H2,1-2H3,(H,25,27);1H/t14-;/m1./s1. The Morgan fingerprint density at radius 1 is 1.13 bits per heavy atom. The number of amides is 1. The van der Waals surface area contributed by atoms with E-state index in [1.165, 1.54) is 12.1 Å². The lowest BCUT2D eigenvalue weighted by molar-refractivity contribution is 0.102. The van der Waals surface area contributed by atoms with Gasteiger partial charge in [0, 0.05) is 11.6 Å². The largest absolute Gasteiger partial charge is 0.321 e. The van der Waals surface area contributed by atoms with Gasteiger partial charge in [-0.3, -0.25) is 4.79 Å². The summed E-state index contributed by atoms with van der Waals surface area (Å²) in [4.78, 5) is 12.4. The van der Waals surface area contributed by atoms with Gasteiger partial charge in [0.25, 0.3) is 5.91 Å². The maximum Gasteiger partial charge on any atom is 0.255 e. The number of benzene rings is 2. The van der Waals surface area contributed by atoms with Crippen LogP contribution in [-0.4, -0.2) is 33.5 Å². The summed E-state index contributed by atoms with van der Waals surface area (Å²) < 4.78 is 28.5. The van der Waals surface area contributed by atoms with E-state index in [-0.39, 0.29) is 50.9 Å². The van der Waals surface area contributed by atoms with E-state index in [4.69, 9.17) is 23.2 Å². The van der Waals surface area contributed by atoms with Crippen LogP contribution in [0.3, 0.4) is 0 Å². The van der Waals surface area contributed by atoms with E-state index in [1.54, 1.807) is 12.1 Å². The molecule has 1 aliphatic heterocycles. The molecule has 2 aromatic carbocycles. The first-order valence-electron chi connectivity index (χ1n) is 9.78. The van der Waals surface area contributed by atoms with Gasteiger partial charge in [-0.1, -0.05) is 41.4 Å². The summed E-state index contributed by atoms with van der Waals surface area (Å²) in [5.41, 5.74) is 1.56. The molecule has 0 bridgehead atoms. The zero-order valence-corrected chi connectivity index (χ0v) is 20.4. The molecule has 6 nitrogen and oxygen atoms in total. The maximum atomic E-state index is 12.9. The summed E-state index contributed by atoms with van der Waals surface area (Å²) >= 11 is 12.6. The molecule has 1 fully saturated rings. The minimum atomic E-state index is -3.87. The molecule has 10 heteroatoms. The van der Waals surface area contributed by atoms with Gasteiger partial charge in [0.1, 0.15) is 4.90 Å². The highest BCUT2D eigenvalue weighted by atomic mass is 35.5. The average Bonchev–Trinajstić information content (AvgIpc) is 2.71. The van der Waals surface area contributed by atoms with Gasteiger partial charge < -0.3 is 10.6 Å². The molecule has 3 N–H and O–H groups in total. The predicted octanol–water partition coefficient (Wildman–Crippen LogP) is 4.64. The summed E-state index contributed by atoms with van der Waals surface area (Å²) in [5, 5.41) is 6.05. The van der Waals surface area contributed by atoms with Crippen molar-refractivity contribution >= 4 is 57.2 Å². The van der Waals surface area contributed by atoms with Crippen molar-refractivity contribution in [1.29, 1.82) is 0 Å². The number of piperidine rings is 1. The van der Waals surface area contributed by atoms with Gasteiger partial charge in [0.15, 0.2) is 0 Å². The molecule has 0 radical (unpaired) electrons. The first kappa shape index (κ1) is 25.9. The van der Waals surface area contributed by atoms with Crippen LogP contribution < -0.4 is 15.4 Å². The summed E-state index contributed by atoms with van der Waals surface area (Å²) in [6, 6.07) is 9.54. The van der Waals surface area contributed by atoms with E-state index >= 15 is 0 Å². The number of sulfonamides is 1. The quantitative estimate of drug-likeness (QED) is 0.532. The zero-order chi connectivity index (χ0) is 21.9. The van der Waals surface area contributed by atoms with Crippen LogP contribution in [-0.2, 0) is 10.0 Å². The summed E-state index contributed by atoms with van der Waals surface area (Å²) in [6.45, 7) is 5.44. The molecule has 0 unspecified atom stereocenters. The monoisotopic (exact) mass is 505 g/mol. The molecule has 0 spiro atoms. The predicted molar refractivity (Wildman–Crippen MR) is 128 cm³/mol. The second kappa shape index (κ2) is 11.0. The zero-order valence-electron chi connectivity index (χ0n) is 17.2. The summed E-state index contributed by atoms with van der Waals surface area (Å²) in [7, 11) is -3.87. The molecule has 1 heterocycles. The second-order valence-electron chi connectivity index (χ2n) is 7.53. The molecular formula is C21H26Cl3N3O3S. The smallest absolute Gasteiger partial charge is 0.255 e. The maximum absolute atomic E-state index is 12.9. The Morgan fingerprint density at radius 3 is 2.42 bits per heavy atom. The molecule has 1 saturated heterocycles. The first-order chi connectivity index (χ1) is 14.2. The van der Waals surface area contributed by atoms with Gasteiger partial charge >= 0.3 is 0 Å². The van der Waals surface area contributed by atoms with Crippen LogP contribution in [0.2, 0.25) is 10.0 Å². The van der Waals surface area contributed by atoms with Crippen LogP contribution in [0.1, 0.15) is 35.7 Å². The van der Waals surface area contributed by atoms with Crippen LogP contribution in [0.5, 0.6) is 0 Å². The fraction of sp³-hybridized carbons (Fsp3) is 0.381. The number of hydrogen-bond donors (Lipinski definition) is 3. The number of halogens is 3.